The van der Waals surface area contributed by atoms with Gasteiger partial charge in [-0.2, -0.15) is 0 Å². The highest BCUT2D eigenvalue weighted by Gasteiger charge is 2.26. The standard InChI is InChI=1S/C17H27N3/c1-14-10-16(11-18)4-5-17(14)13-20-8-6-19(7-9-20)12-15-2-3-15/h4-5,10,15H,2-3,6-9,11-13,18H2,1H3. The van der Waals surface area contributed by atoms with Crippen molar-refractivity contribution in [3.8, 4) is 0 Å². The van der Waals surface area contributed by atoms with Gasteiger partial charge in [-0.1, -0.05) is 18.2 Å². The summed E-state index contributed by atoms with van der Waals surface area (Å²) in [6.07, 6.45) is 2.93. The molecule has 1 aliphatic heterocycles. The van der Waals surface area contributed by atoms with Crippen molar-refractivity contribution in [2.45, 2.75) is 32.9 Å². The molecule has 1 aromatic rings. The molecule has 0 aromatic heterocycles. The molecule has 1 saturated heterocycles. The Morgan fingerprint density at radius 3 is 2.40 bits per heavy atom. The van der Waals surface area contributed by atoms with Crippen molar-refractivity contribution in [1.29, 1.82) is 0 Å². The van der Waals surface area contributed by atoms with Crippen LogP contribution in [0, 0.1) is 12.8 Å². The average Bonchev–Trinajstić information content (AvgIpc) is 3.27. The van der Waals surface area contributed by atoms with Gasteiger partial charge in [0.25, 0.3) is 0 Å². The second kappa shape index (κ2) is 6.25. The molecule has 1 heterocycles. The number of rotatable bonds is 5. The van der Waals surface area contributed by atoms with Crippen LogP contribution in [0.1, 0.15) is 29.5 Å². The Labute approximate surface area is 122 Å². The lowest BCUT2D eigenvalue weighted by molar-refractivity contribution is 0.123. The smallest absolute Gasteiger partial charge is 0.0237 e. The number of nitrogens with two attached hydrogens (primary N) is 1. The molecule has 0 spiro atoms. The summed E-state index contributed by atoms with van der Waals surface area (Å²) in [6, 6.07) is 6.67. The Kier molecular flexibility index (Phi) is 4.39. The van der Waals surface area contributed by atoms with E-state index in [1.807, 2.05) is 0 Å². The van der Waals surface area contributed by atoms with Crippen LogP contribution in [-0.4, -0.2) is 42.5 Å². The van der Waals surface area contributed by atoms with Crippen LogP contribution in [0.5, 0.6) is 0 Å². The fraction of sp³-hybridized carbons (Fsp3) is 0.647. The summed E-state index contributed by atoms with van der Waals surface area (Å²) in [5, 5.41) is 0. The molecule has 3 heteroatoms. The molecule has 20 heavy (non-hydrogen) atoms. The van der Waals surface area contributed by atoms with Crippen molar-refractivity contribution in [1.82, 2.24) is 9.80 Å². The van der Waals surface area contributed by atoms with E-state index in [4.69, 9.17) is 5.73 Å². The first-order chi connectivity index (χ1) is 9.74. The highest BCUT2D eigenvalue weighted by molar-refractivity contribution is 5.31. The van der Waals surface area contributed by atoms with E-state index in [2.05, 4.69) is 34.9 Å². The van der Waals surface area contributed by atoms with E-state index >= 15 is 0 Å². The predicted molar refractivity (Wildman–Crippen MR) is 83.5 cm³/mol. The highest BCUT2D eigenvalue weighted by atomic mass is 15.3. The highest BCUT2D eigenvalue weighted by Crippen LogP contribution is 2.30. The minimum absolute atomic E-state index is 0.640. The van der Waals surface area contributed by atoms with E-state index in [-0.39, 0.29) is 0 Å². The Hall–Kier alpha value is -0.900. The van der Waals surface area contributed by atoms with Crippen LogP contribution in [-0.2, 0) is 13.1 Å². The van der Waals surface area contributed by atoms with Gasteiger partial charge in [-0.25, -0.2) is 0 Å². The minimum atomic E-state index is 0.640. The number of nitrogens with zero attached hydrogens (tertiary/aromatic N) is 2. The fourth-order valence-corrected chi connectivity index (χ4v) is 3.10. The second-order valence-corrected chi connectivity index (χ2v) is 6.49. The molecule has 110 valence electrons. The van der Waals surface area contributed by atoms with Gasteiger partial charge in [-0.3, -0.25) is 4.90 Å². The van der Waals surface area contributed by atoms with Crippen LogP contribution in [0.25, 0.3) is 0 Å². The van der Waals surface area contributed by atoms with Crippen molar-refractivity contribution < 1.29 is 0 Å². The lowest BCUT2D eigenvalue weighted by Crippen LogP contribution is -2.46. The fourth-order valence-electron chi connectivity index (χ4n) is 3.10. The summed E-state index contributed by atoms with van der Waals surface area (Å²) < 4.78 is 0. The zero-order chi connectivity index (χ0) is 13.9. The average molecular weight is 273 g/mol. The van der Waals surface area contributed by atoms with Crippen LogP contribution in [0.4, 0.5) is 0 Å². The predicted octanol–water partition coefficient (Wildman–Crippen LogP) is 1.98. The monoisotopic (exact) mass is 273 g/mol. The molecule has 2 N–H and O–H groups in total. The summed E-state index contributed by atoms with van der Waals surface area (Å²) in [7, 11) is 0. The molecule has 0 amide bonds. The van der Waals surface area contributed by atoms with Gasteiger partial charge >= 0.3 is 0 Å². The molecule has 1 aromatic carbocycles. The van der Waals surface area contributed by atoms with Crippen molar-refractivity contribution in [3.05, 3.63) is 34.9 Å². The molecular weight excluding hydrogens is 246 g/mol. The minimum Gasteiger partial charge on any atom is -0.326 e. The second-order valence-electron chi connectivity index (χ2n) is 6.49. The zero-order valence-electron chi connectivity index (χ0n) is 12.6. The third-order valence-corrected chi connectivity index (χ3v) is 4.71. The van der Waals surface area contributed by atoms with Gasteiger partial charge < -0.3 is 10.6 Å². The summed E-state index contributed by atoms with van der Waals surface area (Å²) in [5.41, 5.74) is 9.77. The molecule has 0 radical (unpaired) electrons. The number of aryl methyl sites for hydroxylation is 1. The summed E-state index contributed by atoms with van der Waals surface area (Å²) >= 11 is 0. The third kappa shape index (κ3) is 3.60. The van der Waals surface area contributed by atoms with Crippen LogP contribution < -0.4 is 5.73 Å². The van der Waals surface area contributed by atoms with Crippen LogP contribution in [0.3, 0.4) is 0 Å². The number of hydrogen-bond acceptors (Lipinski definition) is 3. The molecule has 0 bridgehead atoms. The molecule has 2 fully saturated rings. The Bertz CT molecular complexity index is 446. The Morgan fingerprint density at radius 2 is 1.80 bits per heavy atom. The topological polar surface area (TPSA) is 32.5 Å². The lowest BCUT2D eigenvalue weighted by Gasteiger charge is -2.35. The molecule has 0 unspecified atom stereocenters. The first-order valence-electron chi connectivity index (χ1n) is 7.98. The maximum absolute atomic E-state index is 5.70. The molecule has 3 nitrogen and oxygen atoms in total. The molecule has 2 aliphatic rings. The van der Waals surface area contributed by atoms with E-state index in [9.17, 15) is 0 Å². The largest absolute Gasteiger partial charge is 0.326 e. The van der Waals surface area contributed by atoms with Crippen LogP contribution in [0.15, 0.2) is 18.2 Å². The van der Waals surface area contributed by atoms with Crippen molar-refractivity contribution >= 4 is 0 Å². The maximum Gasteiger partial charge on any atom is 0.0237 e. The lowest BCUT2D eigenvalue weighted by atomic mass is 10.0. The van der Waals surface area contributed by atoms with E-state index in [0.717, 1.165) is 12.5 Å². The summed E-state index contributed by atoms with van der Waals surface area (Å²) in [4.78, 5) is 5.24. The molecular formula is C17H27N3. The van der Waals surface area contributed by atoms with E-state index < -0.39 is 0 Å². The van der Waals surface area contributed by atoms with Crippen molar-refractivity contribution in [3.63, 3.8) is 0 Å². The van der Waals surface area contributed by atoms with Crippen LogP contribution >= 0.6 is 0 Å². The van der Waals surface area contributed by atoms with Gasteiger partial charge in [-0.05, 0) is 42.4 Å². The zero-order valence-corrected chi connectivity index (χ0v) is 12.6. The first kappa shape index (κ1) is 14.1. The van der Waals surface area contributed by atoms with E-state index in [0.29, 0.717) is 6.54 Å². The van der Waals surface area contributed by atoms with Gasteiger partial charge in [0.1, 0.15) is 0 Å². The number of benzene rings is 1. The van der Waals surface area contributed by atoms with E-state index in [1.165, 1.54) is 62.3 Å². The normalized spacial score (nSPS) is 21.3. The number of piperazine rings is 1. The number of hydrogen-bond donors (Lipinski definition) is 1. The van der Waals surface area contributed by atoms with Gasteiger partial charge in [-0.15, -0.1) is 0 Å². The molecule has 3 rings (SSSR count). The van der Waals surface area contributed by atoms with Gasteiger partial charge in [0, 0.05) is 45.8 Å². The molecule has 0 atom stereocenters. The van der Waals surface area contributed by atoms with Gasteiger partial charge in [0.15, 0.2) is 0 Å². The van der Waals surface area contributed by atoms with Crippen molar-refractivity contribution in [2.24, 2.45) is 11.7 Å². The SMILES string of the molecule is Cc1cc(CN)ccc1CN1CCN(CC2CC2)CC1. The third-order valence-electron chi connectivity index (χ3n) is 4.71. The Morgan fingerprint density at radius 1 is 1.10 bits per heavy atom. The van der Waals surface area contributed by atoms with Crippen LogP contribution in [0.2, 0.25) is 0 Å². The maximum atomic E-state index is 5.70. The Balaban J connectivity index is 1.51. The molecule has 1 saturated carbocycles. The van der Waals surface area contributed by atoms with Crippen molar-refractivity contribution in [2.75, 3.05) is 32.7 Å². The molecule has 1 aliphatic carbocycles. The van der Waals surface area contributed by atoms with Gasteiger partial charge in [0.05, 0.1) is 0 Å². The van der Waals surface area contributed by atoms with E-state index in [1.54, 1.807) is 0 Å². The summed E-state index contributed by atoms with van der Waals surface area (Å²) in [5.74, 6) is 1.02. The summed E-state index contributed by atoms with van der Waals surface area (Å²) in [6.45, 7) is 10.2. The first-order valence-corrected chi connectivity index (χ1v) is 7.98. The van der Waals surface area contributed by atoms with Gasteiger partial charge in [0.2, 0.25) is 0 Å². The quantitative estimate of drug-likeness (QED) is 0.890.